The molecule has 0 aliphatic heterocycles. The minimum absolute atomic E-state index is 0.858. The minimum Gasteiger partial charge on any atom is -0.631 e. The minimum atomic E-state index is 0.858. The van der Waals surface area contributed by atoms with Crippen LogP contribution in [0.5, 0.6) is 0 Å². The maximum absolute atomic E-state index is 10.1. The normalized spacial score (nSPS) is 12.1. The first kappa shape index (κ1) is 7.66. The third-order valence-electron chi connectivity index (χ3n) is 1.03. The SMILES string of the molecule is CC/C=C(/CC)[NH2+][O-]. The van der Waals surface area contributed by atoms with Crippen molar-refractivity contribution in [1.29, 1.82) is 0 Å². The van der Waals surface area contributed by atoms with Gasteiger partial charge in [-0.3, -0.25) is 0 Å². The molecule has 2 N–H and O–H groups in total. The van der Waals surface area contributed by atoms with E-state index in [1.807, 2.05) is 19.9 Å². The van der Waals surface area contributed by atoms with Crippen LogP contribution in [0.4, 0.5) is 0 Å². The third-order valence-corrected chi connectivity index (χ3v) is 1.03. The van der Waals surface area contributed by atoms with Crippen LogP contribution in [-0.2, 0) is 0 Å². The van der Waals surface area contributed by atoms with E-state index < -0.39 is 0 Å². The van der Waals surface area contributed by atoms with Crippen LogP contribution in [0, 0.1) is 5.21 Å². The van der Waals surface area contributed by atoms with Crippen LogP contribution < -0.4 is 5.48 Å². The van der Waals surface area contributed by atoms with Crippen LogP contribution in [0.2, 0.25) is 0 Å². The molecule has 2 heteroatoms. The first-order valence-corrected chi connectivity index (χ1v) is 2.99. The fraction of sp³-hybridized carbons (Fsp3) is 0.667. The van der Waals surface area contributed by atoms with Gasteiger partial charge in [-0.05, 0) is 12.5 Å². The van der Waals surface area contributed by atoms with Gasteiger partial charge in [0.15, 0.2) is 0 Å². The van der Waals surface area contributed by atoms with E-state index >= 15 is 0 Å². The van der Waals surface area contributed by atoms with Gasteiger partial charge in [-0.15, -0.1) is 0 Å². The Morgan fingerprint density at radius 1 is 1.62 bits per heavy atom. The van der Waals surface area contributed by atoms with Gasteiger partial charge in [-0.2, -0.15) is 0 Å². The number of hydroxylamine groups is 1. The van der Waals surface area contributed by atoms with E-state index in [9.17, 15) is 5.21 Å². The molecule has 0 heterocycles. The van der Waals surface area contributed by atoms with E-state index in [0.29, 0.717) is 0 Å². The van der Waals surface area contributed by atoms with Crippen LogP contribution >= 0.6 is 0 Å². The van der Waals surface area contributed by atoms with E-state index in [-0.39, 0.29) is 0 Å². The fourth-order valence-corrected chi connectivity index (χ4v) is 0.538. The Balaban J connectivity index is 3.49. The highest BCUT2D eigenvalue weighted by Crippen LogP contribution is 1.89. The Morgan fingerprint density at radius 3 is 2.38 bits per heavy atom. The molecule has 0 aromatic heterocycles. The van der Waals surface area contributed by atoms with Gasteiger partial charge in [0.1, 0.15) is 5.70 Å². The summed E-state index contributed by atoms with van der Waals surface area (Å²) in [6.07, 6.45) is 3.77. The largest absolute Gasteiger partial charge is 0.631 e. The lowest BCUT2D eigenvalue weighted by Gasteiger charge is -2.01. The number of nitrogens with two attached hydrogens (primary N) is 1. The molecule has 0 aromatic rings. The van der Waals surface area contributed by atoms with E-state index in [2.05, 4.69) is 0 Å². The highest BCUT2D eigenvalue weighted by Gasteiger charge is 1.86. The maximum atomic E-state index is 10.1. The average Bonchev–Trinajstić information content (AvgIpc) is 1.83. The number of quaternary nitrogens is 1. The fourth-order valence-electron chi connectivity index (χ4n) is 0.538. The zero-order valence-electron chi connectivity index (χ0n) is 5.48. The van der Waals surface area contributed by atoms with E-state index in [1.165, 1.54) is 0 Å². The summed E-state index contributed by atoms with van der Waals surface area (Å²) >= 11 is 0. The van der Waals surface area contributed by atoms with Crippen molar-refractivity contribution in [3.05, 3.63) is 17.0 Å². The lowest BCUT2D eigenvalue weighted by molar-refractivity contribution is -0.538. The van der Waals surface area contributed by atoms with Crippen molar-refractivity contribution in [2.45, 2.75) is 26.7 Å². The zero-order chi connectivity index (χ0) is 6.41. The van der Waals surface area contributed by atoms with Crippen molar-refractivity contribution in [2.75, 3.05) is 0 Å². The first-order chi connectivity index (χ1) is 3.85. The Morgan fingerprint density at radius 2 is 2.25 bits per heavy atom. The molecule has 0 bridgehead atoms. The molecule has 0 aromatic carbocycles. The molecular formula is C6H13NO. The number of rotatable bonds is 3. The second-order valence-corrected chi connectivity index (χ2v) is 1.66. The summed E-state index contributed by atoms with van der Waals surface area (Å²) in [5.74, 6) is 0. The Kier molecular flexibility index (Phi) is 4.61. The maximum Gasteiger partial charge on any atom is 0.101 e. The molecule has 2 nitrogen and oxygen atoms in total. The monoisotopic (exact) mass is 115 g/mol. The number of hydrogen-bond acceptors (Lipinski definition) is 1. The molecule has 0 unspecified atom stereocenters. The number of hydrogen-bond donors (Lipinski definition) is 1. The van der Waals surface area contributed by atoms with Gasteiger partial charge < -0.3 is 10.7 Å². The van der Waals surface area contributed by atoms with Gasteiger partial charge in [0.2, 0.25) is 0 Å². The van der Waals surface area contributed by atoms with Crippen molar-refractivity contribution in [1.82, 2.24) is 0 Å². The molecule has 0 aliphatic carbocycles. The smallest absolute Gasteiger partial charge is 0.101 e. The lowest BCUT2D eigenvalue weighted by atomic mass is 10.3. The van der Waals surface area contributed by atoms with E-state index in [0.717, 1.165) is 24.0 Å². The van der Waals surface area contributed by atoms with Gasteiger partial charge in [0, 0.05) is 6.42 Å². The summed E-state index contributed by atoms with van der Waals surface area (Å²) in [4.78, 5) is 0. The zero-order valence-corrected chi connectivity index (χ0v) is 5.48. The molecule has 0 saturated heterocycles. The highest BCUT2D eigenvalue weighted by atomic mass is 16.5. The number of allylic oxidation sites excluding steroid dienone is 2. The Hall–Kier alpha value is -0.340. The Labute approximate surface area is 50.2 Å². The molecule has 48 valence electrons. The highest BCUT2D eigenvalue weighted by molar-refractivity contribution is 4.87. The summed E-state index contributed by atoms with van der Waals surface area (Å²) in [6.45, 7) is 4.01. The molecule has 0 fully saturated rings. The van der Waals surface area contributed by atoms with Gasteiger partial charge in [-0.1, -0.05) is 13.8 Å². The Bertz CT molecular complexity index is 72.6. The van der Waals surface area contributed by atoms with E-state index in [4.69, 9.17) is 0 Å². The molecule has 0 atom stereocenters. The molecule has 0 rings (SSSR count). The molecule has 8 heavy (non-hydrogen) atoms. The van der Waals surface area contributed by atoms with E-state index in [1.54, 1.807) is 0 Å². The summed E-state index contributed by atoms with van der Waals surface area (Å²) < 4.78 is 0. The molecule has 0 amide bonds. The van der Waals surface area contributed by atoms with Gasteiger partial charge in [0.25, 0.3) is 0 Å². The topological polar surface area (TPSA) is 39.7 Å². The average molecular weight is 115 g/mol. The van der Waals surface area contributed by atoms with Crippen LogP contribution in [0.15, 0.2) is 11.8 Å². The van der Waals surface area contributed by atoms with Crippen molar-refractivity contribution in [3.63, 3.8) is 0 Å². The van der Waals surface area contributed by atoms with Crippen LogP contribution in [0.25, 0.3) is 0 Å². The van der Waals surface area contributed by atoms with Crippen LogP contribution in [0.3, 0.4) is 0 Å². The van der Waals surface area contributed by atoms with Crippen LogP contribution in [0.1, 0.15) is 26.7 Å². The molecule has 0 aliphatic rings. The predicted octanol–water partition coefficient (Wildman–Crippen LogP) is 0.752. The third kappa shape index (κ3) is 2.77. The van der Waals surface area contributed by atoms with Gasteiger partial charge >= 0.3 is 0 Å². The summed E-state index contributed by atoms with van der Waals surface area (Å²) in [7, 11) is 0. The van der Waals surface area contributed by atoms with Crippen molar-refractivity contribution < 1.29 is 5.48 Å². The summed E-state index contributed by atoms with van der Waals surface area (Å²) in [6, 6.07) is 0. The first-order valence-electron chi connectivity index (χ1n) is 2.99. The van der Waals surface area contributed by atoms with Gasteiger partial charge in [0.05, 0.1) is 0 Å². The quantitative estimate of drug-likeness (QED) is 0.542. The van der Waals surface area contributed by atoms with Crippen molar-refractivity contribution in [2.24, 2.45) is 0 Å². The summed E-state index contributed by atoms with van der Waals surface area (Å²) in [5.41, 5.74) is 1.83. The van der Waals surface area contributed by atoms with Gasteiger partial charge in [-0.25, -0.2) is 0 Å². The van der Waals surface area contributed by atoms with Crippen LogP contribution in [-0.4, -0.2) is 0 Å². The van der Waals surface area contributed by atoms with Crippen molar-refractivity contribution >= 4 is 0 Å². The second-order valence-electron chi connectivity index (χ2n) is 1.66. The molecular weight excluding hydrogens is 102 g/mol. The second kappa shape index (κ2) is 4.81. The molecule has 0 spiro atoms. The summed E-state index contributed by atoms with van der Waals surface area (Å²) in [5, 5.41) is 10.1. The predicted molar refractivity (Wildman–Crippen MR) is 34.0 cm³/mol. The van der Waals surface area contributed by atoms with Crippen molar-refractivity contribution in [3.8, 4) is 0 Å². The molecule has 0 saturated carbocycles. The standard InChI is InChI=1S/C6H13NO/c1-3-5-6(4-2)7-8/h5H,3-4,7H2,1-2H3/b6-5-. The molecule has 0 radical (unpaired) electrons. The lowest BCUT2D eigenvalue weighted by Crippen LogP contribution is -2.74.